The maximum atomic E-state index is 11.5. The number of carbonyl (C=O) groups excluding carboxylic acids is 1. The van der Waals surface area contributed by atoms with Crippen LogP contribution >= 0.6 is 11.6 Å². The van der Waals surface area contributed by atoms with E-state index < -0.39 is 0 Å². The summed E-state index contributed by atoms with van der Waals surface area (Å²) in [4.78, 5) is 13.5. The Morgan fingerprint density at radius 2 is 2.06 bits per heavy atom. The maximum Gasteiger partial charge on any atom is 0.234 e. The molecule has 0 aliphatic heterocycles. The molecule has 1 rings (SSSR count). The Morgan fingerprint density at radius 3 is 2.56 bits per heavy atom. The van der Waals surface area contributed by atoms with E-state index in [1.54, 1.807) is 0 Å². The van der Waals surface area contributed by atoms with E-state index in [1.165, 1.54) is 0 Å². The van der Waals surface area contributed by atoms with E-state index in [0.717, 1.165) is 5.56 Å². The second-order valence-electron chi connectivity index (χ2n) is 4.17. The quantitative estimate of drug-likeness (QED) is 0.821. The number of carbonyl (C=O) groups is 1. The first-order chi connectivity index (χ1) is 8.58. The minimum atomic E-state index is 0.00686. The summed E-state index contributed by atoms with van der Waals surface area (Å²) < 4.78 is 0. The first-order valence-electron chi connectivity index (χ1n) is 6.01. The molecular weight excluding hydrogens is 250 g/mol. The molecule has 0 heterocycles. The Labute approximate surface area is 113 Å². The van der Waals surface area contributed by atoms with Crippen LogP contribution in [-0.2, 0) is 4.79 Å². The van der Waals surface area contributed by atoms with Crippen LogP contribution in [0.2, 0.25) is 5.02 Å². The van der Waals surface area contributed by atoms with Gasteiger partial charge in [0.2, 0.25) is 5.91 Å². The Bertz CT molecular complexity index is 380. The van der Waals surface area contributed by atoms with Gasteiger partial charge in [-0.1, -0.05) is 23.7 Å². The van der Waals surface area contributed by atoms with Gasteiger partial charge in [0, 0.05) is 24.2 Å². The molecule has 100 valence electrons. The molecule has 1 amide bonds. The molecule has 3 N–H and O–H groups in total. The molecule has 0 aliphatic carbocycles. The fraction of sp³-hybridized carbons (Fsp3) is 0.462. The average molecular weight is 270 g/mol. The van der Waals surface area contributed by atoms with Crippen LogP contribution in [0.25, 0.3) is 0 Å². The minimum Gasteiger partial charge on any atom is -0.355 e. The van der Waals surface area contributed by atoms with Crippen molar-refractivity contribution in [2.45, 2.75) is 13.0 Å². The summed E-state index contributed by atoms with van der Waals surface area (Å²) in [6.07, 6.45) is 0. The van der Waals surface area contributed by atoms with Crippen molar-refractivity contribution in [1.29, 1.82) is 0 Å². The Balaban J connectivity index is 2.70. The third kappa shape index (κ3) is 4.29. The number of nitrogens with zero attached hydrogens (tertiary/aromatic N) is 1. The third-order valence-electron chi connectivity index (χ3n) is 2.78. The zero-order valence-corrected chi connectivity index (χ0v) is 11.6. The molecule has 0 fully saturated rings. The van der Waals surface area contributed by atoms with Crippen molar-refractivity contribution in [1.82, 2.24) is 10.2 Å². The second-order valence-corrected chi connectivity index (χ2v) is 4.61. The topological polar surface area (TPSA) is 58.4 Å². The van der Waals surface area contributed by atoms with Crippen molar-refractivity contribution >= 4 is 17.5 Å². The van der Waals surface area contributed by atoms with Crippen LogP contribution in [0.15, 0.2) is 24.3 Å². The van der Waals surface area contributed by atoms with E-state index in [9.17, 15) is 4.79 Å². The van der Waals surface area contributed by atoms with Gasteiger partial charge in [-0.05, 0) is 31.7 Å². The second kappa shape index (κ2) is 7.36. The smallest absolute Gasteiger partial charge is 0.234 e. The number of nitrogens with one attached hydrogen (secondary N) is 1. The number of benzene rings is 1. The zero-order valence-electron chi connectivity index (χ0n) is 10.8. The molecule has 4 nitrogen and oxygen atoms in total. The third-order valence-corrected chi connectivity index (χ3v) is 3.03. The van der Waals surface area contributed by atoms with Gasteiger partial charge in [-0.15, -0.1) is 0 Å². The lowest BCUT2D eigenvalue weighted by Crippen LogP contribution is -2.39. The first kappa shape index (κ1) is 15.0. The van der Waals surface area contributed by atoms with Crippen molar-refractivity contribution in [2.75, 3.05) is 26.7 Å². The van der Waals surface area contributed by atoms with E-state index in [4.69, 9.17) is 17.3 Å². The standard InChI is InChI=1S/C13H20ClN3O/c1-3-16-13(18)9-17(2)12(8-15)10-4-6-11(14)7-5-10/h4-7,12H,3,8-9,15H2,1-2H3,(H,16,18). The van der Waals surface area contributed by atoms with Crippen molar-refractivity contribution in [3.8, 4) is 0 Å². The molecule has 18 heavy (non-hydrogen) atoms. The van der Waals surface area contributed by atoms with Gasteiger partial charge in [0.1, 0.15) is 0 Å². The molecule has 1 aromatic rings. The van der Waals surface area contributed by atoms with Gasteiger partial charge in [0.25, 0.3) is 0 Å². The van der Waals surface area contributed by atoms with Gasteiger partial charge in [0.05, 0.1) is 6.54 Å². The van der Waals surface area contributed by atoms with Gasteiger partial charge in [0.15, 0.2) is 0 Å². The van der Waals surface area contributed by atoms with Gasteiger partial charge in [-0.25, -0.2) is 0 Å². The summed E-state index contributed by atoms with van der Waals surface area (Å²) in [5, 5.41) is 3.47. The molecule has 0 spiro atoms. The summed E-state index contributed by atoms with van der Waals surface area (Å²) in [5.41, 5.74) is 6.85. The minimum absolute atomic E-state index is 0.00686. The van der Waals surface area contributed by atoms with Crippen LogP contribution in [0.1, 0.15) is 18.5 Å². The fourth-order valence-electron chi connectivity index (χ4n) is 1.85. The molecule has 0 radical (unpaired) electrons. The number of hydrogen-bond donors (Lipinski definition) is 2. The lowest BCUT2D eigenvalue weighted by Gasteiger charge is -2.26. The predicted molar refractivity (Wildman–Crippen MR) is 74.6 cm³/mol. The summed E-state index contributed by atoms with van der Waals surface area (Å²) in [6, 6.07) is 7.56. The molecule has 0 aliphatic rings. The van der Waals surface area contributed by atoms with E-state index >= 15 is 0 Å². The van der Waals surface area contributed by atoms with Crippen LogP contribution in [0, 0.1) is 0 Å². The SMILES string of the molecule is CCNC(=O)CN(C)C(CN)c1ccc(Cl)cc1. The normalized spacial score (nSPS) is 12.5. The monoisotopic (exact) mass is 269 g/mol. The fourth-order valence-corrected chi connectivity index (χ4v) is 1.97. The highest BCUT2D eigenvalue weighted by atomic mass is 35.5. The number of likely N-dealkylation sites (N-methyl/N-ethyl adjacent to an activating group) is 2. The Kier molecular flexibility index (Phi) is 6.12. The van der Waals surface area contributed by atoms with Crippen LogP contribution in [0.3, 0.4) is 0 Å². The average Bonchev–Trinajstić information content (AvgIpc) is 2.32. The molecule has 1 atom stereocenters. The summed E-state index contributed by atoms with van der Waals surface area (Å²) in [7, 11) is 1.89. The number of halogens is 1. The van der Waals surface area contributed by atoms with Gasteiger partial charge in [-0.2, -0.15) is 0 Å². The number of amides is 1. The van der Waals surface area contributed by atoms with E-state index in [-0.39, 0.29) is 11.9 Å². The Morgan fingerprint density at radius 1 is 1.44 bits per heavy atom. The molecule has 0 aromatic heterocycles. The van der Waals surface area contributed by atoms with Crippen molar-refractivity contribution in [2.24, 2.45) is 5.73 Å². The molecule has 0 saturated carbocycles. The largest absolute Gasteiger partial charge is 0.355 e. The van der Waals surface area contributed by atoms with Crippen molar-refractivity contribution in [3.05, 3.63) is 34.9 Å². The molecule has 0 saturated heterocycles. The summed E-state index contributed by atoms with van der Waals surface area (Å²) in [5.74, 6) is 0.00686. The molecule has 1 unspecified atom stereocenters. The zero-order chi connectivity index (χ0) is 13.5. The van der Waals surface area contributed by atoms with Crippen LogP contribution in [0.4, 0.5) is 0 Å². The molecule has 1 aromatic carbocycles. The lowest BCUT2D eigenvalue weighted by molar-refractivity contribution is -0.122. The summed E-state index contributed by atoms with van der Waals surface area (Å²) >= 11 is 5.86. The maximum absolute atomic E-state index is 11.5. The van der Waals surface area contributed by atoms with E-state index in [0.29, 0.717) is 24.7 Å². The molecule has 5 heteroatoms. The van der Waals surface area contributed by atoms with Gasteiger partial charge < -0.3 is 11.1 Å². The molecular formula is C13H20ClN3O. The summed E-state index contributed by atoms with van der Waals surface area (Å²) in [6.45, 7) is 3.33. The van der Waals surface area contributed by atoms with Crippen LogP contribution in [-0.4, -0.2) is 37.5 Å². The highest BCUT2D eigenvalue weighted by molar-refractivity contribution is 6.30. The van der Waals surface area contributed by atoms with Crippen molar-refractivity contribution in [3.63, 3.8) is 0 Å². The first-order valence-corrected chi connectivity index (χ1v) is 6.38. The molecule has 0 bridgehead atoms. The predicted octanol–water partition coefficient (Wildman–Crippen LogP) is 1.41. The lowest BCUT2D eigenvalue weighted by atomic mass is 10.1. The van der Waals surface area contributed by atoms with E-state index in [1.807, 2.05) is 43.1 Å². The number of hydrogen-bond acceptors (Lipinski definition) is 3. The highest BCUT2D eigenvalue weighted by Gasteiger charge is 2.17. The highest BCUT2D eigenvalue weighted by Crippen LogP contribution is 2.20. The van der Waals surface area contributed by atoms with Crippen LogP contribution < -0.4 is 11.1 Å². The Hall–Kier alpha value is -1.10. The van der Waals surface area contributed by atoms with Crippen LogP contribution in [0.5, 0.6) is 0 Å². The van der Waals surface area contributed by atoms with E-state index in [2.05, 4.69) is 5.32 Å². The number of nitrogens with two attached hydrogens (primary N) is 1. The van der Waals surface area contributed by atoms with Gasteiger partial charge in [-0.3, -0.25) is 9.69 Å². The van der Waals surface area contributed by atoms with Gasteiger partial charge >= 0.3 is 0 Å². The number of rotatable bonds is 6. The van der Waals surface area contributed by atoms with Crippen molar-refractivity contribution < 1.29 is 4.79 Å².